The van der Waals surface area contributed by atoms with Crippen molar-refractivity contribution >= 4 is 17.6 Å². The van der Waals surface area contributed by atoms with E-state index in [0.717, 1.165) is 12.1 Å². The highest BCUT2D eigenvalue weighted by atomic mass is 16.4. The number of amides is 1. The number of phenols is 3. The van der Waals surface area contributed by atoms with Gasteiger partial charge in [0.15, 0.2) is 11.5 Å². The van der Waals surface area contributed by atoms with Crippen LogP contribution in [0.2, 0.25) is 0 Å². The number of aromatic carboxylic acids is 1. The molecule has 0 heterocycles. The Bertz CT molecular complexity index is 725. The van der Waals surface area contributed by atoms with Crippen LogP contribution in [0.3, 0.4) is 0 Å². The van der Waals surface area contributed by atoms with Crippen molar-refractivity contribution in [1.82, 2.24) is 0 Å². The van der Waals surface area contributed by atoms with Crippen LogP contribution in [0.5, 0.6) is 17.2 Å². The predicted octanol–water partition coefficient (Wildman–Crippen LogP) is 1.75. The number of anilines is 1. The summed E-state index contributed by atoms with van der Waals surface area (Å²) in [6, 6.07) is 7.40. The smallest absolute Gasteiger partial charge is 0.339 e. The number of hydrogen-bond donors (Lipinski definition) is 5. The normalized spacial score (nSPS) is 10.1. The Balaban J connectivity index is 2.30. The van der Waals surface area contributed by atoms with Crippen molar-refractivity contribution in [2.75, 3.05) is 5.32 Å². The quantitative estimate of drug-likeness (QED) is 0.433. The molecular weight excluding hydrogens is 278 g/mol. The zero-order valence-corrected chi connectivity index (χ0v) is 10.6. The van der Waals surface area contributed by atoms with E-state index >= 15 is 0 Å². The Morgan fingerprint density at radius 2 is 1.62 bits per heavy atom. The minimum Gasteiger partial charge on any atom is -0.507 e. The van der Waals surface area contributed by atoms with Gasteiger partial charge >= 0.3 is 5.97 Å². The molecule has 0 spiro atoms. The number of rotatable bonds is 3. The molecule has 0 bridgehead atoms. The summed E-state index contributed by atoms with van der Waals surface area (Å²) in [5.74, 6) is -3.53. The summed E-state index contributed by atoms with van der Waals surface area (Å²) in [7, 11) is 0. The molecule has 108 valence electrons. The number of aromatic hydroxyl groups is 3. The molecule has 0 aliphatic carbocycles. The molecule has 0 aliphatic rings. The Hall–Kier alpha value is -3.22. The van der Waals surface area contributed by atoms with Gasteiger partial charge in [0.05, 0.1) is 5.56 Å². The van der Waals surface area contributed by atoms with Crippen molar-refractivity contribution in [2.45, 2.75) is 0 Å². The second kappa shape index (κ2) is 5.41. The highest BCUT2D eigenvalue weighted by Gasteiger charge is 2.16. The second-order valence-electron chi connectivity index (χ2n) is 4.16. The number of benzene rings is 2. The van der Waals surface area contributed by atoms with Gasteiger partial charge in [-0.2, -0.15) is 0 Å². The Morgan fingerprint density at radius 3 is 2.29 bits per heavy atom. The zero-order valence-electron chi connectivity index (χ0n) is 10.6. The van der Waals surface area contributed by atoms with Crippen molar-refractivity contribution < 1.29 is 30.0 Å². The zero-order chi connectivity index (χ0) is 15.6. The molecule has 0 aliphatic heterocycles. The summed E-state index contributed by atoms with van der Waals surface area (Å²) < 4.78 is 0. The maximum atomic E-state index is 12.0. The third kappa shape index (κ3) is 2.86. The lowest BCUT2D eigenvalue weighted by molar-refractivity contribution is 0.0693. The monoisotopic (exact) mass is 289 g/mol. The van der Waals surface area contributed by atoms with Gasteiger partial charge in [0.2, 0.25) is 0 Å². The summed E-state index contributed by atoms with van der Waals surface area (Å²) in [5, 5.41) is 39.5. The lowest BCUT2D eigenvalue weighted by Gasteiger charge is -2.09. The fourth-order valence-electron chi connectivity index (χ4n) is 1.70. The first-order valence-electron chi connectivity index (χ1n) is 5.78. The van der Waals surface area contributed by atoms with Crippen LogP contribution in [-0.4, -0.2) is 32.3 Å². The van der Waals surface area contributed by atoms with Crippen LogP contribution >= 0.6 is 0 Å². The van der Waals surface area contributed by atoms with Gasteiger partial charge in [0, 0.05) is 5.69 Å². The summed E-state index contributed by atoms with van der Waals surface area (Å²) >= 11 is 0. The van der Waals surface area contributed by atoms with Crippen LogP contribution in [0.15, 0.2) is 36.4 Å². The molecule has 0 fully saturated rings. The predicted molar refractivity (Wildman–Crippen MR) is 72.8 cm³/mol. The number of carboxylic acids is 1. The van der Waals surface area contributed by atoms with Gasteiger partial charge in [-0.25, -0.2) is 4.79 Å². The lowest BCUT2D eigenvalue weighted by atomic mass is 10.1. The number of para-hydroxylation sites is 1. The van der Waals surface area contributed by atoms with Gasteiger partial charge in [0.1, 0.15) is 11.3 Å². The fraction of sp³-hybridized carbons (Fsp3) is 0. The fourth-order valence-corrected chi connectivity index (χ4v) is 1.70. The van der Waals surface area contributed by atoms with Crippen molar-refractivity contribution in [2.24, 2.45) is 0 Å². The van der Waals surface area contributed by atoms with Gasteiger partial charge < -0.3 is 25.7 Å². The first-order chi connectivity index (χ1) is 9.90. The SMILES string of the molecule is O=C(O)c1cc(NC(=O)c2cccc(O)c2O)ccc1O. The van der Waals surface area contributed by atoms with Crippen molar-refractivity contribution in [3.05, 3.63) is 47.5 Å². The van der Waals surface area contributed by atoms with Gasteiger partial charge in [-0.05, 0) is 30.3 Å². The number of carboxylic acid groups (broad SMARTS) is 1. The van der Waals surface area contributed by atoms with Crippen molar-refractivity contribution in [3.8, 4) is 17.2 Å². The van der Waals surface area contributed by atoms with E-state index in [2.05, 4.69) is 5.32 Å². The number of carbonyl (C=O) groups excluding carboxylic acids is 1. The first-order valence-corrected chi connectivity index (χ1v) is 5.78. The topological polar surface area (TPSA) is 127 Å². The summed E-state index contributed by atoms with van der Waals surface area (Å²) in [6.07, 6.45) is 0. The standard InChI is InChI=1S/C14H11NO6/c16-10-5-4-7(6-9(10)14(20)21)15-13(19)8-2-1-3-11(17)12(8)18/h1-6,16-18H,(H,15,19)(H,20,21). The molecule has 1 amide bonds. The minimum absolute atomic E-state index is 0.123. The molecule has 0 atom stereocenters. The third-order valence-electron chi connectivity index (χ3n) is 2.74. The van der Waals surface area contributed by atoms with E-state index in [-0.39, 0.29) is 16.8 Å². The van der Waals surface area contributed by atoms with Gasteiger partial charge in [-0.3, -0.25) is 4.79 Å². The average Bonchev–Trinajstić information content (AvgIpc) is 2.43. The van der Waals surface area contributed by atoms with Crippen molar-refractivity contribution in [3.63, 3.8) is 0 Å². The Kier molecular flexibility index (Phi) is 3.66. The summed E-state index contributed by atoms with van der Waals surface area (Å²) in [4.78, 5) is 22.8. The summed E-state index contributed by atoms with van der Waals surface area (Å²) in [5.41, 5.74) is -0.411. The molecular formula is C14H11NO6. The first kappa shape index (κ1) is 14.2. The maximum absolute atomic E-state index is 12.0. The van der Waals surface area contributed by atoms with Crippen LogP contribution in [0.4, 0.5) is 5.69 Å². The van der Waals surface area contributed by atoms with E-state index < -0.39 is 29.1 Å². The largest absolute Gasteiger partial charge is 0.507 e. The molecule has 0 saturated heterocycles. The second-order valence-corrected chi connectivity index (χ2v) is 4.16. The highest BCUT2D eigenvalue weighted by Crippen LogP contribution is 2.29. The molecule has 2 aromatic rings. The van der Waals surface area contributed by atoms with Gasteiger partial charge in [-0.1, -0.05) is 6.07 Å². The van der Waals surface area contributed by atoms with Crippen LogP contribution in [0.1, 0.15) is 20.7 Å². The lowest BCUT2D eigenvalue weighted by Crippen LogP contribution is -2.12. The number of hydrogen-bond acceptors (Lipinski definition) is 5. The number of carbonyl (C=O) groups is 2. The molecule has 0 unspecified atom stereocenters. The van der Waals surface area contributed by atoms with Crippen LogP contribution in [-0.2, 0) is 0 Å². The van der Waals surface area contributed by atoms with Crippen LogP contribution < -0.4 is 5.32 Å². The molecule has 21 heavy (non-hydrogen) atoms. The number of phenolic OH excluding ortho intramolecular Hbond substituents is 2. The molecule has 2 rings (SSSR count). The third-order valence-corrected chi connectivity index (χ3v) is 2.74. The Morgan fingerprint density at radius 1 is 0.905 bits per heavy atom. The maximum Gasteiger partial charge on any atom is 0.339 e. The highest BCUT2D eigenvalue weighted by molar-refractivity contribution is 6.07. The van der Waals surface area contributed by atoms with Crippen LogP contribution in [0.25, 0.3) is 0 Å². The average molecular weight is 289 g/mol. The molecule has 7 nitrogen and oxygen atoms in total. The molecule has 0 saturated carbocycles. The van der Waals surface area contributed by atoms with E-state index in [1.807, 2.05) is 0 Å². The van der Waals surface area contributed by atoms with Crippen molar-refractivity contribution in [1.29, 1.82) is 0 Å². The molecule has 5 N–H and O–H groups in total. The van der Waals surface area contributed by atoms with Crippen LogP contribution in [0, 0.1) is 0 Å². The summed E-state index contributed by atoms with van der Waals surface area (Å²) in [6.45, 7) is 0. The van der Waals surface area contributed by atoms with E-state index in [4.69, 9.17) is 5.11 Å². The number of nitrogens with one attached hydrogen (secondary N) is 1. The van der Waals surface area contributed by atoms with Gasteiger partial charge in [0.25, 0.3) is 5.91 Å². The van der Waals surface area contributed by atoms with E-state index in [1.165, 1.54) is 24.3 Å². The van der Waals surface area contributed by atoms with E-state index in [0.29, 0.717) is 0 Å². The molecule has 7 heteroatoms. The van der Waals surface area contributed by atoms with E-state index in [9.17, 15) is 24.9 Å². The Labute approximate surface area is 118 Å². The molecule has 0 aromatic heterocycles. The molecule has 0 radical (unpaired) electrons. The van der Waals surface area contributed by atoms with Gasteiger partial charge in [-0.15, -0.1) is 0 Å². The minimum atomic E-state index is -1.34. The molecule has 2 aromatic carbocycles. The van der Waals surface area contributed by atoms with E-state index in [1.54, 1.807) is 0 Å².